The van der Waals surface area contributed by atoms with Gasteiger partial charge in [-0.05, 0) is 31.0 Å². The van der Waals surface area contributed by atoms with Crippen LogP contribution in [0.2, 0.25) is 0 Å². The highest BCUT2D eigenvalue weighted by Crippen LogP contribution is 2.42. The summed E-state index contributed by atoms with van der Waals surface area (Å²) in [4.78, 5) is 14.0. The second-order valence-electron chi connectivity index (χ2n) is 7.37. The van der Waals surface area contributed by atoms with Crippen LogP contribution in [0.1, 0.15) is 30.6 Å². The number of thioether (sulfide) groups is 2. The molecule has 0 unspecified atom stereocenters. The predicted octanol–water partition coefficient (Wildman–Crippen LogP) is 4.60. The second-order valence-corrected chi connectivity index (χ2v) is 9.37. The Kier molecular flexibility index (Phi) is 4.27. The standard InChI is InChI=1S/C21H18N6S2/c1-2-6-17-16(5-1)20(24-18(23-17)13-7-8-13)28-11-15-12-29-21-26-25-19(27(15)21)14-4-3-9-22-10-14/h1-6,9-10,13,15H,7-8,11-12H2/t15-/m1/s1. The number of benzene rings is 1. The molecule has 6 nitrogen and oxygen atoms in total. The van der Waals surface area contributed by atoms with Crippen LogP contribution in [0.25, 0.3) is 22.3 Å². The van der Waals surface area contributed by atoms with E-state index in [-0.39, 0.29) is 0 Å². The molecule has 1 saturated carbocycles. The van der Waals surface area contributed by atoms with Crippen molar-refractivity contribution in [3.63, 3.8) is 0 Å². The summed E-state index contributed by atoms with van der Waals surface area (Å²) < 4.78 is 2.26. The molecular formula is C21H18N6S2. The fraction of sp³-hybridized carbons (Fsp3) is 0.286. The zero-order valence-corrected chi connectivity index (χ0v) is 17.2. The Morgan fingerprint density at radius 1 is 1.07 bits per heavy atom. The molecule has 1 fully saturated rings. The molecule has 29 heavy (non-hydrogen) atoms. The first-order valence-corrected chi connectivity index (χ1v) is 11.7. The van der Waals surface area contributed by atoms with Gasteiger partial charge in [-0.3, -0.25) is 9.55 Å². The molecule has 8 heteroatoms. The Morgan fingerprint density at radius 3 is 2.86 bits per heavy atom. The molecule has 0 N–H and O–H groups in total. The SMILES string of the molecule is c1cncc(-c2nnc3n2[C@H](CSc2nc(C4CC4)nc4ccccc24)CS3)c1. The highest BCUT2D eigenvalue weighted by atomic mass is 32.2. The molecule has 2 aliphatic rings. The summed E-state index contributed by atoms with van der Waals surface area (Å²) in [6.07, 6.45) is 6.05. The summed E-state index contributed by atoms with van der Waals surface area (Å²) >= 11 is 3.59. The van der Waals surface area contributed by atoms with Gasteiger partial charge in [0.05, 0.1) is 11.6 Å². The van der Waals surface area contributed by atoms with E-state index >= 15 is 0 Å². The highest BCUT2D eigenvalue weighted by molar-refractivity contribution is 8.00. The number of hydrogen-bond acceptors (Lipinski definition) is 7. The summed E-state index contributed by atoms with van der Waals surface area (Å²) in [5.41, 5.74) is 2.06. The highest BCUT2D eigenvalue weighted by Gasteiger charge is 2.30. The zero-order valence-electron chi connectivity index (χ0n) is 15.6. The lowest BCUT2D eigenvalue weighted by Gasteiger charge is -2.15. The first-order chi connectivity index (χ1) is 14.4. The normalized spacial score (nSPS) is 18.3. The third-order valence-electron chi connectivity index (χ3n) is 5.29. The fourth-order valence-electron chi connectivity index (χ4n) is 3.64. The van der Waals surface area contributed by atoms with Gasteiger partial charge in [-0.2, -0.15) is 0 Å². The van der Waals surface area contributed by atoms with E-state index < -0.39 is 0 Å². The molecule has 3 aromatic heterocycles. The summed E-state index contributed by atoms with van der Waals surface area (Å²) in [6.45, 7) is 0. The van der Waals surface area contributed by atoms with E-state index in [1.165, 1.54) is 12.8 Å². The minimum Gasteiger partial charge on any atom is -0.297 e. The van der Waals surface area contributed by atoms with Crippen molar-refractivity contribution in [1.82, 2.24) is 29.7 Å². The molecule has 0 spiro atoms. The van der Waals surface area contributed by atoms with Crippen molar-refractivity contribution in [1.29, 1.82) is 0 Å². The Morgan fingerprint density at radius 2 is 2.00 bits per heavy atom. The lowest BCUT2D eigenvalue weighted by atomic mass is 10.2. The van der Waals surface area contributed by atoms with Gasteiger partial charge < -0.3 is 0 Å². The number of nitrogens with zero attached hydrogens (tertiary/aromatic N) is 6. The van der Waals surface area contributed by atoms with E-state index in [0.29, 0.717) is 12.0 Å². The Balaban J connectivity index is 1.31. The molecule has 0 radical (unpaired) electrons. The van der Waals surface area contributed by atoms with Crippen molar-refractivity contribution in [2.24, 2.45) is 0 Å². The zero-order chi connectivity index (χ0) is 19.2. The Labute approximate surface area is 176 Å². The van der Waals surface area contributed by atoms with Crippen molar-refractivity contribution in [3.05, 3.63) is 54.6 Å². The molecule has 144 valence electrons. The third kappa shape index (κ3) is 3.20. The average Bonchev–Trinajstić information content (AvgIpc) is 3.42. The van der Waals surface area contributed by atoms with Gasteiger partial charge in [-0.15, -0.1) is 22.0 Å². The van der Waals surface area contributed by atoms with Crippen LogP contribution < -0.4 is 0 Å². The summed E-state index contributed by atoms with van der Waals surface area (Å²) in [5.74, 6) is 4.38. The van der Waals surface area contributed by atoms with Gasteiger partial charge in [-0.1, -0.05) is 30.0 Å². The molecule has 1 aliphatic heterocycles. The van der Waals surface area contributed by atoms with Crippen molar-refractivity contribution in [3.8, 4) is 11.4 Å². The number of fused-ring (bicyclic) bond motifs is 2. The lowest BCUT2D eigenvalue weighted by molar-refractivity contribution is 0.597. The van der Waals surface area contributed by atoms with Gasteiger partial charge in [0.2, 0.25) is 0 Å². The molecule has 0 saturated heterocycles. The van der Waals surface area contributed by atoms with E-state index in [1.807, 2.05) is 30.1 Å². The van der Waals surface area contributed by atoms with Crippen molar-refractivity contribution < 1.29 is 0 Å². The van der Waals surface area contributed by atoms with E-state index in [0.717, 1.165) is 49.8 Å². The number of para-hydroxylation sites is 1. The van der Waals surface area contributed by atoms with Crippen LogP contribution in [-0.4, -0.2) is 41.2 Å². The van der Waals surface area contributed by atoms with E-state index in [4.69, 9.17) is 9.97 Å². The monoisotopic (exact) mass is 418 g/mol. The average molecular weight is 419 g/mol. The smallest absolute Gasteiger partial charge is 0.191 e. The third-order valence-corrected chi connectivity index (χ3v) is 7.52. The first-order valence-electron chi connectivity index (χ1n) is 9.74. The van der Waals surface area contributed by atoms with Gasteiger partial charge in [-0.25, -0.2) is 9.97 Å². The molecular weight excluding hydrogens is 400 g/mol. The first kappa shape index (κ1) is 17.4. The van der Waals surface area contributed by atoms with Crippen LogP contribution in [0.4, 0.5) is 0 Å². The van der Waals surface area contributed by atoms with Gasteiger partial charge in [0.15, 0.2) is 11.0 Å². The number of pyridine rings is 1. The van der Waals surface area contributed by atoms with Crippen LogP contribution in [0.15, 0.2) is 59.0 Å². The lowest BCUT2D eigenvalue weighted by Crippen LogP contribution is -2.11. The van der Waals surface area contributed by atoms with Crippen LogP contribution >= 0.6 is 23.5 Å². The van der Waals surface area contributed by atoms with Crippen molar-refractivity contribution >= 4 is 34.4 Å². The minimum atomic E-state index is 0.323. The molecule has 4 aromatic rings. The van der Waals surface area contributed by atoms with Gasteiger partial charge in [0, 0.05) is 40.8 Å². The second kappa shape index (κ2) is 7.11. The molecule has 1 aromatic carbocycles. The molecule has 4 heterocycles. The molecule has 0 amide bonds. The van der Waals surface area contributed by atoms with Crippen LogP contribution in [0.5, 0.6) is 0 Å². The van der Waals surface area contributed by atoms with Gasteiger partial charge in [0.1, 0.15) is 10.9 Å². The predicted molar refractivity (Wildman–Crippen MR) is 115 cm³/mol. The van der Waals surface area contributed by atoms with Gasteiger partial charge >= 0.3 is 0 Å². The Hall–Kier alpha value is -2.45. The quantitative estimate of drug-likeness (QED) is 0.346. The summed E-state index contributed by atoms with van der Waals surface area (Å²) in [5, 5.41) is 12.0. The van der Waals surface area contributed by atoms with Crippen LogP contribution in [0.3, 0.4) is 0 Å². The van der Waals surface area contributed by atoms with Gasteiger partial charge in [0.25, 0.3) is 0 Å². The van der Waals surface area contributed by atoms with Crippen LogP contribution in [-0.2, 0) is 0 Å². The van der Waals surface area contributed by atoms with E-state index in [1.54, 1.807) is 18.0 Å². The fourth-order valence-corrected chi connectivity index (χ4v) is 5.97. The topological polar surface area (TPSA) is 69.4 Å². The Bertz CT molecular complexity index is 1190. The van der Waals surface area contributed by atoms with E-state index in [9.17, 15) is 0 Å². The number of hydrogen-bond donors (Lipinski definition) is 0. The maximum absolute atomic E-state index is 4.94. The van der Waals surface area contributed by atoms with E-state index in [2.05, 4.69) is 44.0 Å². The minimum absolute atomic E-state index is 0.323. The van der Waals surface area contributed by atoms with Crippen LogP contribution in [0, 0.1) is 0 Å². The van der Waals surface area contributed by atoms with Crippen molar-refractivity contribution in [2.45, 2.75) is 35.0 Å². The molecule has 0 bridgehead atoms. The molecule has 1 atom stereocenters. The largest absolute Gasteiger partial charge is 0.297 e. The molecule has 6 rings (SSSR count). The summed E-state index contributed by atoms with van der Waals surface area (Å²) in [7, 11) is 0. The summed E-state index contributed by atoms with van der Waals surface area (Å²) in [6, 6.07) is 12.6. The number of rotatable bonds is 5. The number of aromatic nitrogens is 6. The maximum Gasteiger partial charge on any atom is 0.191 e. The maximum atomic E-state index is 4.94. The van der Waals surface area contributed by atoms with Crippen molar-refractivity contribution in [2.75, 3.05) is 11.5 Å². The molecule has 1 aliphatic carbocycles.